The van der Waals surface area contributed by atoms with Gasteiger partial charge in [-0.1, -0.05) is 146 Å². The smallest absolute Gasteiger partial charge is 0.159 e. The summed E-state index contributed by atoms with van der Waals surface area (Å²) in [5.41, 5.74) is 13.1. The Morgan fingerprint density at radius 1 is 0.282 bits per heavy atom. The van der Waals surface area contributed by atoms with Gasteiger partial charge < -0.3 is 23.1 Å². The van der Waals surface area contributed by atoms with E-state index in [-0.39, 0.29) is 11.6 Å². The molecule has 0 saturated heterocycles. The van der Waals surface area contributed by atoms with Crippen molar-refractivity contribution in [3.8, 4) is 22.3 Å². The molecule has 0 radical (unpaired) electrons. The maximum atomic E-state index is 14.8. The standard InChI is InChI=1S/C64H38F2N2O3/c65-41-27-31-43(32-28-41)67(55-25-11-23-52-50-21-9-19-46(61(50)70-63(52)55)39-13-3-1-4-14-39)45-35-36-54-58(37-45)69-59-38-57(48-17-7-8-18-49(48)60(54)59)68(44-33-29-42(66)30-34-44)56-26-12-24-53-51-22-10-20-47(62(51)71-64(53)56)40-15-5-2-6-16-40/h1-38H. The van der Waals surface area contributed by atoms with E-state index < -0.39 is 0 Å². The summed E-state index contributed by atoms with van der Waals surface area (Å²) in [5, 5.41) is 7.77. The van der Waals surface area contributed by atoms with Crippen LogP contribution in [0.1, 0.15) is 0 Å². The monoisotopic (exact) mass is 920 g/mol. The first-order valence-electron chi connectivity index (χ1n) is 23.5. The highest BCUT2D eigenvalue weighted by Gasteiger charge is 2.26. The van der Waals surface area contributed by atoms with Crippen LogP contribution in [0.5, 0.6) is 0 Å². The zero-order chi connectivity index (χ0) is 47.2. The summed E-state index contributed by atoms with van der Waals surface area (Å²) >= 11 is 0. The number of furan rings is 3. The van der Waals surface area contributed by atoms with E-state index in [0.29, 0.717) is 22.3 Å². The Morgan fingerprint density at radius 3 is 1.30 bits per heavy atom. The van der Waals surface area contributed by atoms with Crippen LogP contribution < -0.4 is 9.80 Å². The van der Waals surface area contributed by atoms with Gasteiger partial charge in [-0.05, 0) is 89.3 Å². The fraction of sp³-hybridized carbons (Fsp3) is 0. The Kier molecular flexibility index (Phi) is 9.19. The zero-order valence-electron chi connectivity index (χ0n) is 37.8. The third kappa shape index (κ3) is 6.51. The minimum atomic E-state index is -0.334. The van der Waals surface area contributed by atoms with Crippen molar-refractivity contribution in [2.24, 2.45) is 0 Å². The number of nitrogens with zero attached hydrogens (tertiary/aromatic N) is 2. The van der Waals surface area contributed by atoms with Gasteiger partial charge in [0.2, 0.25) is 0 Å². The molecule has 71 heavy (non-hydrogen) atoms. The van der Waals surface area contributed by atoms with Crippen molar-refractivity contribution in [3.05, 3.63) is 242 Å². The van der Waals surface area contributed by atoms with E-state index in [4.69, 9.17) is 13.3 Å². The number of hydrogen-bond acceptors (Lipinski definition) is 5. The fourth-order valence-corrected chi connectivity index (χ4v) is 10.6. The van der Waals surface area contributed by atoms with Crippen LogP contribution in [-0.4, -0.2) is 0 Å². The quantitative estimate of drug-likeness (QED) is 0.152. The summed E-state index contributed by atoms with van der Waals surface area (Å²) in [7, 11) is 0. The molecule has 0 N–H and O–H groups in total. The molecule has 336 valence electrons. The Labute approximate surface area is 405 Å². The van der Waals surface area contributed by atoms with Crippen LogP contribution in [0.3, 0.4) is 0 Å². The molecule has 0 spiro atoms. The summed E-state index contributed by atoms with van der Waals surface area (Å²) in [4.78, 5) is 4.23. The maximum absolute atomic E-state index is 14.8. The summed E-state index contributed by atoms with van der Waals surface area (Å²) in [6, 6.07) is 75.0. The maximum Gasteiger partial charge on any atom is 0.159 e. The van der Waals surface area contributed by atoms with E-state index in [1.54, 1.807) is 24.3 Å². The molecule has 0 unspecified atom stereocenters. The Morgan fingerprint density at radius 2 is 0.732 bits per heavy atom. The van der Waals surface area contributed by atoms with Crippen molar-refractivity contribution in [1.82, 2.24) is 0 Å². The van der Waals surface area contributed by atoms with Crippen LogP contribution in [0.2, 0.25) is 0 Å². The number of hydrogen-bond donors (Lipinski definition) is 0. The van der Waals surface area contributed by atoms with Crippen LogP contribution in [0.4, 0.5) is 42.9 Å². The van der Waals surface area contributed by atoms with Crippen LogP contribution in [-0.2, 0) is 0 Å². The molecule has 0 atom stereocenters. The van der Waals surface area contributed by atoms with Crippen LogP contribution in [0.15, 0.2) is 244 Å². The van der Waals surface area contributed by atoms with Gasteiger partial charge in [-0.15, -0.1) is 0 Å². The summed E-state index contributed by atoms with van der Waals surface area (Å²) in [5.74, 6) is -0.665. The Hall–Kier alpha value is -9.46. The number of anilines is 6. The molecule has 0 aliphatic carbocycles. The molecule has 14 rings (SSSR count). The first kappa shape index (κ1) is 40.6. The molecule has 0 fully saturated rings. The molecule has 0 aliphatic rings. The van der Waals surface area contributed by atoms with Crippen molar-refractivity contribution in [3.63, 3.8) is 0 Å². The van der Waals surface area contributed by atoms with Crippen LogP contribution in [0, 0.1) is 11.6 Å². The average molecular weight is 921 g/mol. The molecule has 0 aliphatic heterocycles. The second kappa shape index (κ2) is 16.1. The fourth-order valence-electron chi connectivity index (χ4n) is 10.6. The molecule has 0 bridgehead atoms. The molecule has 5 nitrogen and oxygen atoms in total. The van der Waals surface area contributed by atoms with E-state index in [9.17, 15) is 8.78 Å². The van der Waals surface area contributed by atoms with Gasteiger partial charge in [0.25, 0.3) is 0 Å². The lowest BCUT2D eigenvalue weighted by Gasteiger charge is -2.27. The topological polar surface area (TPSA) is 45.9 Å². The molecule has 3 aromatic heterocycles. The summed E-state index contributed by atoms with van der Waals surface area (Å²) in [6.07, 6.45) is 0. The normalized spacial score (nSPS) is 11.8. The van der Waals surface area contributed by atoms with E-state index >= 15 is 0 Å². The van der Waals surface area contributed by atoms with Gasteiger partial charge in [-0.2, -0.15) is 0 Å². The van der Waals surface area contributed by atoms with Gasteiger partial charge in [-0.25, -0.2) is 8.78 Å². The molecule has 14 aromatic rings. The van der Waals surface area contributed by atoms with Crippen molar-refractivity contribution in [2.75, 3.05) is 9.80 Å². The molecule has 7 heteroatoms. The van der Waals surface area contributed by atoms with E-state index in [2.05, 4.69) is 119 Å². The number of para-hydroxylation sites is 4. The highest BCUT2D eigenvalue weighted by molar-refractivity contribution is 6.24. The molecule has 0 amide bonds. The molecular weight excluding hydrogens is 883 g/mol. The Balaban J connectivity index is 0.973. The lowest BCUT2D eigenvalue weighted by atomic mass is 10.00. The predicted octanol–water partition coefficient (Wildman–Crippen LogP) is 19.1. The van der Waals surface area contributed by atoms with Crippen LogP contribution >= 0.6 is 0 Å². The van der Waals surface area contributed by atoms with Crippen LogP contribution in [0.25, 0.3) is 98.8 Å². The summed E-state index contributed by atoms with van der Waals surface area (Å²) in [6.45, 7) is 0. The highest BCUT2D eigenvalue weighted by atomic mass is 19.1. The minimum absolute atomic E-state index is 0.332. The number of fused-ring (bicyclic) bond motifs is 11. The predicted molar refractivity (Wildman–Crippen MR) is 286 cm³/mol. The highest BCUT2D eigenvalue weighted by Crippen LogP contribution is 2.50. The molecular formula is C64H38F2N2O3. The van der Waals surface area contributed by atoms with Gasteiger partial charge >= 0.3 is 0 Å². The van der Waals surface area contributed by atoms with Crippen molar-refractivity contribution in [2.45, 2.75) is 0 Å². The molecule has 11 aromatic carbocycles. The molecule has 0 saturated carbocycles. The summed E-state index contributed by atoms with van der Waals surface area (Å²) < 4.78 is 50.3. The number of halogens is 2. The lowest BCUT2D eigenvalue weighted by Crippen LogP contribution is -2.11. The zero-order valence-corrected chi connectivity index (χ0v) is 37.8. The minimum Gasteiger partial charge on any atom is -0.456 e. The second-order valence-corrected chi connectivity index (χ2v) is 17.8. The average Bonchev–Trinajstić information content (AvgIpc) is 4.12. The lowest BCUT2D eigenvalue weighted by molar-refractivity contribution is 0.627. The van der Waals surface area contributed by atoms with Gasteiger partial charge in [-0.3, -0.25) is 0 Å². The number of rotatable bonds is 8. The van der Waals surface area contributed by atoms with Gasteiger partial charge in [0, 0.05) is 72.3 Å². The van der Waals surface area contributed by atoms with E-state index in [1.165, 1.54) is 24.3 Å². The largest absolute Gasteiger partial charge is 0.456 e. The van der Waals surface area contributed by atoms with Crippen molar-refractivity contribution in [1.29, 1.82) is 0 Å². The third-order valence-corrected chi connectivity index (χ3v) is 13.8. The Bertz CT molecular complexity index is 4370. The first-order valence-corrected chi connectivity index (χ1v) is 23.5. The molecule has 3 heterocycles. The second-order valence-electron chi connectivity index (χ2n) is 17.8. The van der Waals surface area contributed by atoms with Gasteiger partial charge in [0.1, 0.15) is 34.0 Å². The first-order chi connectivity index (χ1) is 35.0. The van der Waals surface area contributed by atoms with E-state index in [1.807, 2.05) is 72.8 Å². The SMILES string of the molecule is Fc1ccc(N(c2ccc3c(c2)oc2cc(N(c4ccc(F)cc4)c4cccc5c4oc4c(-c6ccccc6)cccc45)c4ccccc4c23)c2cccc3c2oc2c(-c4ccccc4)cccc23)cc1. The number of benzene rings is 11. The van der Waals surface area contributed by atoms with Crippen molar-refractivity contribution >= 4 is 111 Å². The van der Waals surface area contributed by atoms with Gasteiger partial charge in [0.15, 0.2) is 11.2 Å². The van der Waals surface area contributed by atoms with E-state index in [0.717, 1.165) is 111 Å². The van der Waals surface area contributed by atoms with Crippen molar-refractivity contribution < 1.29 is 22.0 Å². The third-order valence-electron chi connectivity index (χ3n) is 13.8. The van der Waals surface area contributed by atoms with Gasteiger partial charge in [0.05, 0.1) is 22.7 Å².